The number of rotatable bonds is 2. The van der Waals surface area contributed by atoms with Crippen LogP contribution in [0.25, 0.3) is 0 Å². The van der Waals surface area contributed by atoms with Crippen molar-refractivity contribution in [1.29, 1.82) is 0 Å². The van der Waals surface area contributed by atoms with Crippen molar-refractivity contribution in [2.45, 2.75) is 6.10 Å². The van der Waals surface area contributed by atoms with Gasteiger partial charge in [0.25, 0.3) is 0 Å². The third-order valence-corrected chi connectivity index (χ3v) is 2.86. The maximum atomic E-state index is 5.73. The maximum absolute atomic E-state index is 5.73. The molecule has 0 aromatic heterocycles. The van der Waals surface area contributed by atoms with Crippen LogP contribution in [0.3, 0.4) is 0 Å². The zero-order chi connectivity index (χ0) is 9.97. The van der Waals surface area contributed by atoms with Crippen LogP contribution in [0.1, 0.15) is 0 Å². The molecule has 1 aromatic rings. The smallest absolute Gasteiger partial charge is 0.162 e. The van der Waals surface area contributed by atoms with Gasteiger partial charge in [0.15, 0.2) is 17.6 Å². The van der Waals surface area contributed by atoms with Gasteiger partial charge in [0.2, 0.25) is 0 Å². The average molecular weight is 255 g/mol. The molecule has 2 nitrogen and oxygen atoms in total. The van der Waals surface area contributed by atoms with E-state index in [1.807, 2.05) is 24.3 Å². The van der Waals surface area contributed by atoms with Gasteiger partial charge in [-0.05, 0) is 17.7 Å². The second-order valence-corrected chi connectivity index (χ2v) is 3.72. The number of halogens is 1. The highest BCUT2D eigenvalue weighted by Crippen LogP contribution is 2.32. The molecule has 0 amide bonds. The lowest BCUT2D eigenvalue weighted by Crippen LogP contribution is -2.31. The van der Waals surface area contributed by atoms with E-state index >= 15 is 0 Å². The Labute approximate surface area is 91.7 Å². The summed E-state index contributed by atoms with van der Waals surface area (Å²) in [6, 6.07) is 7.68. The van der Waals surface area contributed by atoms with Crippen LogP contribution in [-0.2, 0) is 0 Å². The fraction of sp³-hybridized carbons (Fsp3) is 0.273. The van der Waals surface area contributed by atoms with E-state index in [0.717, 1.165) is 22.4 Å². The minimum absolute atomic E-state index is 0.0377. The molecule has 1 aliphatic heterocycles. The minimum atomic E-state index is -0.0377. The van der Waals surface area contributed by atoms with E-state index in [4.69, 9.17) is 9.47 Å². The Morgan fingerprint density at radius 1 is 1.43 bits per heavy atom. The lowest BCUT2D eigenvalue weighted by atomic mass is 10.2. The zero-order valence-electron chi connectivity index (χ0n) is 7.70. The summed E-state index contributed by atoms with van der Waals surface area (Å²) in [6.45, 7) is 4.46. The summed E-state index contributed by atoms with van der Waals surface area (Å²) in [6.07, 6.45) is -0.0377. The number of fused-ring (bicyclic) bond motifs is 1. The van der Waals surface area contributed by atoms with Gasteiger partial charge in [0.05, 0.1) is 0 Å². The summed E-state index contributed by atoms with van der Waals surface area (Å²) in [4.78, 5) is 0. The molecule has 1 aliphatic rings. The number of ether oxygens (including phenoxy) is 2. The molecule has 1 atom stereocenters. The topological polar surface area (TPSA) is 18.5 Å². The van der Waals surface area contributed by atoms with Crippen molar-refractivity contribution >= 4 is 15.9 Å². The maximum Gasteiger partial charge on any atom is 0.162 e. The molecule has 0 saturated heterocycles. The van der Waals surface area contributed by atoms with E-state index in [0.29, 0.717) is 6.61 Å². The molecule has 1 unspecified atom stereocenters. The van der Waals surface area contributed by atoms with Crippen molar-refractivity contribution in [3.8, 4) is 11.5 Å². The van der Waals surface area contributed by atoms with Crippen LogP contribution in [0.15, 0.2) is 36.4 Å². The van der Waals surface area contributed by atoms with E-state index in [-0.39, 0.29) is 6.10 Å². The highest BCUT2D eigenvalue weighted by atomic mass is 79.9. The van der Waals surface area contributed by atoms with Gasteiger partial charge in [0, 0.05) is 5.33 Å². The number of alkyl halides is 1. The van der Waals surface area contributed by atoms with Crippen molar-refractivity contribution in [2.75, 3.05) is 11.9 Å². The second-order valence-electron chi connectivity index (χ2n) is 3.16. The van der Waals surface area contributed by atoms with Crippen LogP contribution < -0.4 is 9.47 Å². The highest BCUT2D eigenvalue weighted by molar-refractivity contribution is 9.09. The predicted molar refractivity (Wildman–Crippen MR) is 59.3 cm³/mol. The highest BCUT2D eigenvalue weighted by Gasteiger charge is 2.21. The van der Waals surface area contributed by atoms with Crippen LogP contribution in [0.4, 0.5) is 0 Å². The third-order valence-electron chi connectivity index (χ3n) is 2.14. The number of benzene rings is 1. The predicted octanol–water partition coefficient (Wildman–Crippen LogP) is 2.78. The molecule has 14 heavy (non-hydrogen) atoms. The molecule has 1 aromatic carbocycles. The van der Waals surface area contributed by atoms with Gasteiger partial charge in [-0.15, -0.1) is 0 Å². The first kappa shape index (κ1) is 9.59. The summed E-state index contributed by atoms with van der Waals surface area (Å²) in [5.41, 5.74) is 1.000. The monoisotopic (exact) mass is 254 g/mol. The number of hydrogen-bond acceptors (Lipinski definition) is 2. The summed E-state index contributed by atoms with van der Waals surface area (Å²) < 4.78 is 11.3. The molecule has 74 valence electrons. The van der Waals surface area contributed by atoms with Crippen LogP contribution in [0.5, 0.6) is 11.5 Å². The largest absolute Gasteiger partial charge is 0.485 e. The van der Waals surface area contributed by atoms with E-state index in [2.05, 4.69) is 22.5 Å². The number of para-hydroxylation sites is 2. The Bertz CT molecular complexity index is 349. The Morgan fingerprint density at radius 3 is 2.86 bits per heavy atom. The molecule has 0 N–H and O–H groups in total. The molecule has 3 heteroatoms. The zero-order valence-corrected chi connectivity index (χ0v) is 9.29. The number of hydrogen-bond donors (Lipinski definition) is 0. The Kier molecular flexibility index (Phi) is 2.77. The first-order valence-corrected chi connectivity index (χ1v) is 5.55. The fourth-order valence-electron chi connectivity index (χ4n) is 1.31. The van der Waals surface area contributed by atoms with Gasteiger partial charge < -0.3 is 9.47 Å². The summed E-state index contributed by atoms with van der Waals surface area (Å²) in [7, 11) is 0. The van der Waals surface area contributed by atoms with Crippen molar-refractivity contribution in [1.82, 2.24) is 0 Å². The molecule has 1 heterocycles. The molecule has 0 bridgehead atoms. The summed E-state index contributed by atoms with van der Waals surface area (Å²) in [5, 5.41) is 0.739. The van der Waals surface area contributed by atoms with Gasteiger partial charge in [-0.1, -0.05) is 34.6 Å². The second kappa shape index (κ2) is 4.05. The molecular formula is C11H11BrO2. The molecular weight excluding hydrogens is 244 g/mol. The average Bonchev–Trinajstić information content (AvgIpc) is 2.27. The first-order chi connectivity index (χ1) is 6.81. The molecule has 0 saturated carbocycles. The van der Waals surface area contributed by atoms with Gasteiger partial charge in [-0.3, -0.25) is 0 Å². The summed E-state index contributed by atoms with van der Waals surface area (Å²) >= 11 is 3.36. The Balaban J connectivity index is 2.17. The van der Waals surface area contributed by atoms with Gasteiger partial charge in [0.1, 0.15) is 6.61 Å². The van der Waals surface area contributed by atoms with Crippen LogP contribution in [0.2, 0.25) is 0 Å². The molecule has 0 aliphatic carbocycles. The van der Waals surface area contributed by atoms with Gasteiger partial charge in [-0.2, -0.15) is 0 Å². The van der Waals surface area contributed by atoms with Crippen molar-refractivity contribution < 1.29 is 9.47 Å². The van der Waals surface area contributed by atoms with Gasteiger partial charge >= 0.3 is 0 Å². The molecule has 2 rings (SSSR count). The van der Waals surface area contributed by atoms with Crippen molar-refractivity contribution in [3.05, 3.63) is 36.4 Å². The molecule has 0 fully saturated rings. The van der Waals surface area contributed by atoms with Crippen LogP contribution >= 0.6 is 15.9 Å². The van der Waals surface area contributed by atoms with E-state index in [9.17, 15) is 0 Å². The van der Waals surface area contributed by atoms with E-state index < -0.39 is 0 Å². The standard InChI is InChI=1S/C11H11BrO2/c1-8(6-12)11-7-13-9-4-2-3-5-10(9)14-11/h2-5,11H,1,6-7H2. The minimum Gasteiger partial charge on any atom is -0.485 e. The first-order valence-electron chi connectivity index (χ1n) is 4.43. The fourth-order valence-corrected chi connectivity index (χ4v) is 1.67. The summed E-state index contributed by atoms with van der Waals surface area (Å²) in [5.74, 6) is 1.61. The van der Waals surface area contributed by atoms with Crippen molar-refractivity contribution in [3.63, 3.8) is 0 Å². The van der Waals surface area contributed by atoms with Gasteiger partial charge in [-0.25, -0.2) is 0 Å². The van der Waals surface area contributed by atoms with Crippen LogP contribution in [0, 0.1) is 0 Å². The normalized spacial score (nSPS) is 19.1. The van der Waals surface area contributed by atoms with E-state index in [1.165, 1.54) is 0 Å². The molecule has 0 radical (unpaired) electrons. The van der Waals surface area contributed by atoms with E-state index in [1.54, 1.807) is 0 Å². The SMILES string of the molecule is C=C(CBr)C1COc2ccccc2O1. The third kappa shape index (κ3) is 1.77. The quantitative estimate of drug-likeness (QED) is 0.597. The molecule has 0 spiro atoms. The lowest BCUT2D eigenvalue weighted by molar-refractivity contribution is 0.116. The Hall–Kier alpha value is -0.960. The van der Waals surface area contributed by atoms with Crippen LogP contribution in [-0.4, -0.2) is 18.0 Å². The lowest BCUT2D eigenvalue weighted by Gasteiger charge is -2.27. The van der Waals surface area contributed by atoms with Crippen molar-refractivity contribution in [2.24, 2.45) is 0 Å². The Morgan fingerprint density at radius 2 is 2.14 bits per heavy atom.